The molecular weight excluding hydrogens is 512 g/mol. The van der Waals surface area contributed by atoms with Crippen LogP contribution in [0.4, 0.5) is 54.0 Å². The van der Waals surface area contributed by atoms with Crippen molar-refractivity contribution in [2.45, 2.75) is 12.4 Å². The van der Waals surface area contributed by atoms with E-state index in [1.54, 1.807) is 0 Å². The topological polar surface area (TPSA) is 78.9 Å². The van der Waals surface area contributed by atoms with E-state index in [-0.39, 0.29) is 22.9 Å². The molecule has 6 nitrogen and oxygen atoms in total. The van der Waals surface area contributed by atoms with Gasteiger partial charge in [0.25, 0.3) is 0 Å². The smallest absolute Gasteiger partial charge is 0.340 e. The summed E-state index contributed by atoms with van der Waals surface area (Å²) in [5, 5.41) is 7.44. The summed E-state index contributed by atoms with van der Waals surface area (Å²) in [6, 6.07) is 11.1. The van der Waals surface area contributed by atoms with Crippen LogP contribution >= 0.6 is 11.6 Å². The summed E-state index contributed by atoms with van der Waals surface area (Å²) in [6.07, 6.45) is -8.01. The van der Waals surface area contributed by atoms with E-state index in [9.17, 15) is 31.1 Å². The maximum absolute atomic E-state index is 13.0. The molecule has 2 amide bonds. The summed E-state index contributed by atoms with van der Waals surface area (Å²) in [6.45, 7) is 0. The number of carbonyl (C=O) groups excluding carboxylic acids is 1. The van der Waals surface area contributed by atoms with Crippen LogP contribution in [0.1, 0.15) is 11.1 Å². The van der Waals surface area contributed by atoms with Gasteiger partial charge >= 0.3 is 18.4 Å². The van der Waals surface area contributed by atoms with Crippen molar-refractivity contribution in [3.8, 4) is 0 Å². The van der Waals surface area contributed by atoms with Crippen molar-refractivity contribution in [2.24, 2.45) is 0 Å². The first-order chi connectivity index (χ1) is 16.9. The average Bonchev–Trinajstić information content (AvgIpc) is 2.79. The molecule has 36 heavy (non-hydrogen) atoms. The average molecular weight is 526 g/mol. The number of alkyl halides is 6. The van der Waals surface area contributed by atoms with E-state index in [2.05, 4.69) is 25.9 Å². The third-order valence-corrected chi connectivity index (χ3v) is 5.21. The zero-order valence-electron chi connectivity index (χ0n) is 17.8. The van der Waals surface area contributed by atoms with E-state index in [1.807, 2.05) is 0 Å². The molecule has 1 heterocycles. The number of fused-ring (bicyclic) bond motifs is 1. The standard InChI is InChI=1S/C23H14ClF6N5O/c24-18-6-4-15(10-17(18)23(28,29)30)35-21(36)34-14-5-7-19-16(9-14)20(32-11-31-19)33-13-3-1-2-12(8-13)22(25,26)27/h1-11H,(H,31,32,33)(H2,34,35,36). The molecule has 0 aliphatic carbocycles. The van der Waals surface area contributed by atoms with Gasteiger partial charge in [-0.1, -0.05) is 17.7 Å². The van der Waals surface area contributed by atoms with Gasteiger partial charge < -0.3 is 16.0 Å². The molecule has 13 heteroatoms. The van der Waals surface area contributed by atoms with Crippen molar-refractivity contribution in [3.05, 3.63) is 83.1 Å². The predicted octanol–water partition coefficient (Wildman–Crippen LogP) is 7.71. The number of aromatic nitrogens is 2. The fourth-order valence-electron chi connectivity index (χ4n) is 3.26. The monoisotopic (exact) mass is 525 g/mol. The van der Waals surface area contributed by atoms with Crippen LogP contribution in [0.2, 0.25) is 5.02 Å². The second-order valence-electron chi connectivity index (χ2n) is 7.43. The summed E-state index contributed by atoms with van der Waals surface area (Å²) in [5.41, 5.74) is -1.30. The highest BCUT2D eigenvalue weighted by atomic mass is 35.5. The van der Waals surface area contributed by atoms with Crippen LogP contribution < -0.4 is 16.0 Å². The predicted molar refractivity (Wildman–Crippen MR) is 123 cm³/mol. The lowest BCUT2D eigenvalue weighted by molar-refractivity contribution is -0.138. The van der Waals surface area contributed by atoms with Crippen LogP contribution in [0, 0.1) is 0 Å². The maximum Gasteiger partial charge on any atom is 0.417 e. The molecule has 0 radical (unpaired) electrons. The Bertz CT molecular complexity index is 1440. The number of nitrogens with one attached hydrogen (secondary N) is 3. The highest BCUT2D eigenvalue weighted by molar-refractivity contribution is 6.31. The minimum atomic E-state index is -4.70. The molecule has 0 saturated heterocycles. The Kier molecular flexibility index (Phi) is 6.63. The lowest BCUT2D eigenvalue weighted by Gasteiger charge is -2.13. The quantitative estimate of drug-likeness (QED) is 0.238. The first-order valence-corrected chi connectivity index (χ1v) is 10.4. The molecule has 3 N–H and O–H groups in total. The largest absolute Gasteiger partial charge is 0.417 e. The van der Waals surface area contributed by atoms with Gasteiger partial charge in [-0.2, -0.15) is 26.3 Å². The maximum atomic E-state index is 13.0. The van der Waals surface area contributed by atoms with Gasteiger partial charge in [0, 0.05) is 22.4 Å². The Morgan fingerprint density at radius 3 is 2.17 bits per heavy atom. The lowest BCUT2D eigenvalue weighted by Crippen LogP contribution is -2.20. The lowest BCUT2D eigenvalue weighted by atomic mass is 10.1. The fourth-order valence-corrected chi connectivity index (χ4v) is 3.48. The number of amides is 2. The first kappa shape index (κ1) is 25.0. The van der Waals surface area contributed by atoms with Crippen molar-refractivity contribution in [3.63, 3.8) is 0 Å². The van der Waals surface area contributed by atoms with Gasteiger partial charge in [-0.3, -0.25) is 0 Å². The van der Waals surface area contributed by atoms with E-state index in [4.69, 9.17) is 11.6 Å². The minimum absolute atomic E-state index is 0.129. The van der Waals surface area contributed by atoms with E-state index >= 15 is 0 Å². The van der Waals surface area contributed by atoms with Crippen LogP contribution in [0.3, 0.4) is 0 Å². The molecule has 0 aliphatic rings. The molecule has 1 aromatic heterocycles. The molecule has 0 atom stereocenters. The number of benzene rings is 3. The van der Waals surface area contributed by atoms with Gasteiger partial charge in [-0.25, -0.2) is 14.8 Å². The van der Waals surface area contributed by atoms with E-state index in [1.165, 1.54) is 42.7 Å². The van der Waals surface area contributed by atoms with Crippen molar-refractivity contribution >= 4 is 51.4 Å². The number of anilines is 4. The zero-order valence-corrected chi connectivity index (χ0v) is 18.6. The van der Waals surface area contributed by atoms with Crippen LogP contribution in [0.15, 0.2) is 67.0 Å². The van der Waals surface area contributed by atoms with Gasteiger partial charge in [0.1, 0.15) is 12.1 Å². The molecule has 0 bridgehead atoms. The van der Waals surface area contributed by atoms with Crippen molar-refractivity contribution in [2.75, 3.05) is 16.0 Å². The van der Waals surface area contributed by atoms with E-state index in [0.717, 1.165) is 18.2 Å². The highest BCUT2D eigenvalue weighted by Gasteiger charge is 2.33. The molecule has 0 saturated carbocycles. The van der Waals surface area contributed by atoms with E-state index < -0.39 is 34.5 Å². The molecular formula is C23H14ClF6N5O. The van der Waals surface area contributed by atoms with Crippen LogP contribution in [-0.4, -0.2) is 16.0 Å². The molecule has 0 aliphatic heterocycles. The van der Waals surface area contributed by atoms with Gasteiger partial charge in [-0.15, -0.1) is 0 Å². The normalized spacial score (nSPS) is 11.9. The second kappa shape index (κ2) is 9.53. The fraction of sp³-hybridized carbons (Fsp3) is 0.0870. The summed E-state index contributed by atoms with van der Waals surface area (Å²) in [7, 11) is 0. The number of hydrogen-bond acceptors (Lipinski definition) is 4. The summed E-state index contributed by atoms with van der Waals surface area (Å²) in [4.78, 5) is 20.5. The molecule has 4 rings (SSSR count). The zero-order chi connectivity index (χ0) is 26.1. The minimum Gasteiger partial charge on any atom is -0.340 e. The Labute approximate surface area is 204 Å². The summed E-state index contributed by atoms with van der Waals surface area (Å²) >= 11 is 5.58. The molecule has 0 spiro atoms. The Hall–Kier alpha value is -4.06. The number of rotatable bonds is 4. The summed E-state index contributed by atoms with van der Waals surface area (Å²) < 4.78 is 78.2. The number of hydrogen-bond donors (Lipinski definition) is 3. The number of halogens is 7. The van der Waals surface area contributed by atoms with Crippen molar-refractivity contribution < 1.29 is 31.1 Å². The highest BCUT2D eigenvalue weighted by Crippen LogP contribution is 2.36. The molecule has 0 fully saturated rings. The molecule has 3 aromatic carbocycles. The van der Waals surface area contributed by atoms with Crippen molar-refractivity contribution in [1.29, 1.82) is 0 Å². The Morgan fingerprint density at radius 1 is 0.778 bits per heavy atom. The van der Waals surface area contributed by atoms with Crippen LogP contribution in [0.25, 0.3) is 10.9 Å². The summed E-state index contributed by atoms with van der Waals surface area (Å²) in [5.74, 6) is 0.177. The third-order valence-electron chi connectivity index (χ3n) is 4.88. The SMILES string of the molecule is O=C(Nc1ccc(Cl)c(C(F)(F)F)c1)Nc1ccc2ncnc(Nc3cccc(C(F)(F)F)c3)c2c1. The van der Waals surface area contributed by atoms with Gasteiger partial charge in [0.2, 0.25) is 0 Å². The molecule has 0 unspecified atom stereocenters. The van der Waals surface area contributed by atoms with Crippen LogP contribution in [0.5, 0.6) is 0 Å². The number of carbonyl (C=O) groups is 1. The van der Waals surface area contributed by atoms with Gasteiger partial charge in [0.05, 0.1) is 21.7 Å². The third kappa shape index (κ3) is 5.77. The van der Waals surface area contributed by atoms with E-state index in [0.29, 0.717) is 17.0 Å². The molecule has 186 valence electrons. The van der Waals surface area contributed by atoms with Crippen LogP contribution in [-0.2, 0) is 12.4 Å². The van der Waals surface area contributed by atoms with Gasteiger partial charge in [0.15, 0.2) is 0 Å². The van der Waals surface area contributed by atoms with Crippen molar-refractivity contribution in [1.82, 2.24) is 9.97 Å². The number of urea groups is 1. The second-order valence-corrected chi connectivity index (χ2v) is 7.84. The van der Waals surface area contributed by atoms with Gasteiger partial charge in [-0.05, 0) is 54.6 Å². The Morgan fingerprint density at radius 2 is 1.47 bits per heavy atom. The number of nitrogens with zero attached hydrogens (tertiary/aromatic N) is 2. The Balaban J connectivity index is 1.56. The first-order valence-electron chi connectivity index (χ1n) is 10.0. The molecule has 4 aromatic rings.